The number of halogens is 1. The quantitative estimate of drug-likeness (QED) is 0.892. The van der Waals surface area contributed by atoms with Crippen LogP contribution in [0.3, 0.4) is 0 Å². The number of hydrogen-bond donors (Lipinski definition) is 1. The van der Waals surface area contributed by atoms with Gasteiger partial charge in [-0.25, -0.2) is 4.39 Å². The van der Waals surface area contributed by atoms with Crippen LogP contribution in [0, 0.1) is 17.2 Å². The molecule has 1 atom stereocenters. The molecule has 1 aromatic rings. The lowest BCUT2D eigenvalue weighted by atomic mass is 9.72. The molecule has 0 radical (unpaired) electrons. The van der Waals surface area contributed by atoms with Crippen molar-refractivity contribution >= 4 is 5.69 Å². The van der Waals surface area contributed by atoms with Gasteiger partial charge in [0.25, 0.3) is 0 Å². The van der Waals surface area contributed by atoms with E-state index in [-0.39, 0.29) is 17.8 Å². The molecule has 1 heterocycles. The van der Waals surface area contributed by atoms with Crippen LogP contribution in [-0.4, -0.2) is 24.8 Å². The van der Waals surface area contributed by atoms with Gasteiger partial charge in [-0.05, 0) is 48.4 Å². The molecule has 1 aliphatic heterocycles. The molecular formula is C15H22FNO. The van der Waals surface area contributed by atoms with E-state index in [2.05, 4.69) is 18.7 Å². The third kappa shape index (κ3) is 2.83. The van der Waals surface area contributed by atoms with E-state index in [1.807, 2.05) is 12.1 Å². The van der Waals surface area contributed by atoms with E-state index in [0.717, 1.165) is 31.6 Å². The first-order valence-corrected chi connectivity index (χ1v) is 6.64. The highest BCUT2D eigenvalue weighted by Gasteiger charge is 2.35. The zero-order valence-electron chi connectivity index (χ0n) is 11.2. The van der Waals surface area contributed by atoms with Crippen molar-refractivity contribution in [2.24, 2.45) is 11.3 Å². The second-order valence-corrected chi connectivity index (χ2v) is 5.88. The molecule has 2 rings (SSSR count). The Balaban J connectivity index is 2.08. The van der Waals surface area contributed by atoms with Gasteiger partial charge in [-0.1, -0.05) is 13.8 Å². The molecule has 1 unspecified atom stereocenters. The van der Waals surface area contributed by atoms with E-state index in [4.69, 9.17) is 5.11 Å². The molecule has 1 aromatic carbocycles. The number of rotatable bonds is 3. The van der Waals surface area contributed by atoms with Crippen LogP contribution in [0.5, 0.6) is 0 Å². The largest absolute Gasteiger partial charge is 0.396 e. The minimum absolute atomic E-state index is 0.187. The predicted molar refractivity (Wildman–Crippen MR) is 72.2 cm³/mol. The average Bonchev–Trinajstić information content (AvgIpc) is 2.32. The summed E-state index contributed by atoms with van der Waals surface area (Å²) in [6, 6.07) is 6.72. The van der Waals surface area contributed by atoms with Gasteiger partial charge >= 0.3 is 0 Å². The standard InChI is InChI=1S/C15H22FNO/c1-15(2)11-17(9-7-12(15)8-10-18)14-5-3-13(16)4-6-14/h3-6,12,18H,7-11H2,1-2H3. The lowest BCUT2D eigenvalue weighted by molar-refractivity contribution is 0.134. The molecule has 0 aliphatic carbocycles. The lowest BCUT2D eigenvalue weighted by Crippen LogP contribution is -2.46. The Morgan fingerprint density at radius 2 is 2.00 bits per heavy atom. The maximum Gasteiger partial charge on any atom is 0.123 e. The van der Waals surface area contributed by atoms with Crippen molar-refractivity contribution < 1.29 is 9.50 Å². The van der Waals surface area contributed by atoms with Crippen LogP contribution in [0.15, 0.2) is 24.3 Å². The summed E-state index contributed by atoms with van der Waals surface area (Å²) in [5.74, 6) is 0.382. The van der Waals surface area contributed by atoms with Gasteiger partial charge in [-0.2, -0.15) is 0 Å². The van der Waals surface area contributed by atoms with Crippen molar-refractivity contribution in [2.75, 3.05) is 24.6 Å². The van der Waals surface area contributed by atoms with Gasteiger partial charge in [0, 0.05) is 25.4 Å². The highest BCUT2D eigenvalue weighted by Crippen LogP contribution is 2.38. The van der Waals surface area contributed by atoms with Gasteiger partial charge in [0.2, 0.25) is 0 Å². The van der Waals surface area contributed by atoms with Gasteiger partial charge in [0.15, 0.2) is 0 Å². The van der Waals surface area contributed by atoms with Crippen molar-refractivity contribution in [3.05, 3.63) is 30.1 Å². The van der Waals surface area contributed by atoms with Crippen LogP contribution in [0.1, 0.15) is 26.7 Å². The number of benzene rings is 1. The summed E-state index contributed by atoms with van der Waals surface area (Å²) in [7, 11) is 0. The SMILES string of the molecule is CC1(C)CN(c2ccc(F)cc2)CCC1CCO. The van der Waals surface area contributed by atoms with Gasteiger partial charge in [-0.15, -0.1) is 0 Å². The first-order chi connectivity index (χ1) is 8.53. The minimum atomic E-state index is -0.187. The Morgan fingerprint density at radius 3 is 2.56 bits per heavy atom. The topological polar surface area (TPSA) is 23.5 Å². The summed E-state index contributed by atoms with van der Waals surface area (Å²) in [5, 5.41) is 9.11. The highest BCUT2D eigenvalue weighted by molar-refractivity contribution is 5.47. The second-order valence-electron chi connectivity index (χ2n) is 5.88. The molecular weight excluding hydrogens is 229 g/mol. The summed E-state index contributed by atoms with van der Waals surface area (Å²) in [6.45, 7) is 6.72. The number of hydrogen-bond acceptors (Lipinski definition) is 2. The molecule has 100 valence electrons. The molecule has 3 heteroatoms. The van der Waals surface area contributed by atoms with E-state index >= 15 is 0 Å². The second kappa shape index (κ2) is 5.27. The normalized spacial score (nSPS) is 23.1. The summed E-state index contributed by atoms with van der Waals surface area (Å²) in [6.07, 6.45) is 1.97. The fourth-order valence-electron chi connectivity index (χ4n) is 2.97. The number of piperidine rings is 1. The minimum Gasteiger partial charge on any atom is -0.396 e. The van der Waals surface area contributed by atoms with E-state index in [1.165, 1.54) is 12.1 Å². The van der Waals surface area contributed by atoms with E-state index in [9.17, 15) is 4.39 Å². The Morgan fingerprint density at radius 1 is 1.33 bits per heavy atom. The molecule has 1 saturated heterocycles. The Labute approximate surface area is 108 Å². The first kappa shape index (κ1) is 13.3. The summed E-state index contributed by atoms with van der Waals surface area (Å²) < 4.78 is 12.9. The molecule has 0 saturated carbocycles. The van der Waals surface area contributed by atoms with Crippen molar-refractivity contribution in [3.8, 4) is 0 Å². The summed E-state index contributed by atoms with van der Waals surface area (Å²) >= 11 is 0. The Kier molecular flexibility index (Phi) is 3.91. The smallest absolute Gasteiger partial charge is 0.123 e. The van der Waals surface area contributed by atoms with Crippen LogP contribution in [0.25, 0.3) is 0 Å². The monoisotopic (exact) mass is 251 g/mol. The third-order valence-corrected chi connectivity index (χ3v) is 4.12. The fraction of sp³-hybridized carbons (Fsp3) is 0.600. The third-order valence-electron chi connectivity index (χ3n) is 4.12. The van der Waals surface area contributed by atoms with Gasteiger partial charge < -0.3 is 10.0 Å². The van der Waals surface area contributed by atoms with Gasteiger partial charge in [0.05, 0.1) is 0 Å². The summed E-state index contributed by atoms with van der Waals surface area (Å²) in [4.78, 5) is 2.31. The van der Waals surface area contributed by atoms with Crippen molar-refractivity contribution in [3.63, 3.8) is 0 Å². The van der Waals surface area contributed by atoms with Crippen LogP contribution in [0.4, 0.5) is 10.1 Å². The number of aliphatic hydroxyl groups excluding tert-OH is 1. The van der Waals surface area contributed by atoms with E-state index < -0.39 is 0 Å². The first-order valence-electron chi connectivity index (χ1n) is 6.64. The Bertz CT molecular complexity index is 388. The highest BCUT2D eigenvalue weighted by atomic mass is 19.1. The molecule has 1 aliphatic rings. The number of anilines is 1. The molecule has 0 aromatic heterocycles. The van der Waals surface area contributed by atoms with Crippen LogP contribution in [-0.2, 0) is 0 Å². The fourth-order valence-corrected chi connectivity index (χ4v) is 2.97. The Hall–Kier alpha value is -1.09. The average molecular weight is 251 g/mol. The van der Waals surface area contributed by atoms with Crippen LogP contribution < -0.4 is 4.90 Å². The molecule has 18 heavy (non-hydrogen) atoms. The maximum atomic E-state index is 12.9. The molecule has 0 amide bonds. The summed E-state index contributed by atoms with van der Waals surface area (Å²) in [5.41, 5.74) is 1.28. The number of aliphatic hydroxyl groups is 1. The molecule has 0 spiro atoms. The lowest BCUT2D eigenvalue weighted by Gasteiger charge is -2.45. The van der Waals surface area contributed by atoms with Crippen molar-refractivity contribution in [1.29, 1.82) is 0 Å². The molecule has 2 nitrogen and oxygen atoms in total. The maximum absolute atomic E-state index is 12.9. The zero-order valence-corrected chi connectivity index (χ0v) is 11.2. The molecule has 1 N–H and O–H groups in total. The van der Waals surface area contributed by atoms with E-state index in [1.54, 1.807) is 0 Å². The van der Waals surface area contributed by atoms with Crippen LogP contribution >= 0.6 is 0 Å². The van der Waals surface area contributed by atoms with E-state index in [0.29, 0.717) is 5.92 Å². The van der Waals surface area contributed by atoms with Gasteiger partial charge in [-0.3, -0.25) is 0 Å². The molecule has 1 fully saturated rings. The van der Waals surface area contributed by atoms with Crippen LogP contribution in [0.2, 0.25) is 0 Å². The predicted octanol–water partition coefficient (Wildman–Crippen LogP) is 3.06. The van der Waals surface area contributed by atoms with Crippen molar-refractivity contribution in [2.45, 2.75) is 26.7 Å². The van der Waals surface area contributed by atoms with Gasteiger partial charge in [0.1, 0.15) is 5.82 Å². The zero-order chi connectivity index (χ0) is 13.2. The number of nitrogens with zero attached hydrogens (tertiary/aromatic N) is 1. The van der Waals surface area contributed by atoms with Crippen molar-refractivity contribution in [1.82, 2.24) is 0 Å². The molecule has 0 bridgehead atoms.